The van der Waals surface area contributed by atoms with E-state index < -0.39 is 0 Å². The van der Waals surface area contributed by atoms with E-state index in [9.17, 15) is 5.11 Å². The molecule has 1 aliphatic rings. The second-order valence-corrected chi connectivity index (χ2v) is 3.95. The minimum atomic E-state index is 0.231. The zero-order chi connectivity index (χ0) is 11.0. The number of nitrogens with zero attached hydrogens (tertiary/aromatic N) is 2. The lowest BCUT2D eigenvalue weighted by atomic mass is 10.0. The number of hydrogen-bond donors (Lipinski definition) is 3. The highest BCUT2D eigenvalue weighted by Crippen LogP contribution is 2.22. The third kappa shape index (κ3) is 1.55. The Kier molecular flexibility index (Phi) is 2.11. The van der Waals surface area contributed by atoms with Gasteiger partial charge in [-0.25, -0.2) is 4.98 Å². The fourth-order valence-electron chi connectivity index (χ4n) is 1.71. The molecular weight excluding hydrogens is 204 g/mol. The van der Waals surface area contributed by atoms with Gasteiger partial charge in [-0.2, -0.15) is 5.10 Å². The first kappa shape index (κ1) is 9.35. The summed E-state index contributed by atoms with van der Waals surface area (Å²) in [7, 11) is 0. The molecule has 0 saturated carbocycles. The molecule has 2 heterocycles. The molecule has 0 unspecified atom stereocenters. The number of phenols is 1. The lowest BCUT2D eigenvalue weighted by molar-refractivity contribution is 0.431. The highest BCUT2D eigenvalue weighted by Gasteiger charge is 2.22. The molecule has 3 rings (SSSR count). The molecule has 2 aromatic rings. The summed E-state index contributed by atoms with van der Waals surface area (Å²) in [6, 6.07) is 6.95. The van der Waals surface area contributed by atoms with Crippen LogP contribution in [0.1, 0.15) is 11.7 Å². The van der Waals surface area contributed by atoms with Gasteiger partial charge in [0.05, 0.1) is 0 Å². The van der Waals surface area contributed by atoms with Gasteiger partial charge in [0.15, 0.2) is 5.82 Å². The largest absolute Gasteiger partial charge is 0.508 e. The van der Waals surface area contributed by atoms with Crippen LogP contribution < -0.4 is 5.32 Å². The first-order chi connectivity index (χ1) is 7.83. The molecule has 0 atom stereocenters. The van der Waals surface area contributed by atoms with E-state index in [0.29, 0.717) is 11.7 Å². The van der Waals surface area contributed by atoms with Crippen molar-refractivity contribution in [1.29, 1.82) is 0 Å². The minimum Gasteiger partial charge on any atom is -0.508 e. The fourth-order valence-corrected chi connectivity index (χ4v) is 1.71. The Bertz CT molecular complexity index is 504. The van der Waals surface area contributed by atoms with Crippen molar-refractivity contribution in [3.8, 4) is 17.1 Å². The monoisotopic (exact) mass is 216 g/mol. The van der Waals surface area contributed by atoms with Gasteiger partial charge in [-0.3, -0.25) is 5.10 Å². The van der Waals surface area contributed by atoms with Crippen molar-refractivity contribution >= 4 is 0 Å². The number of aromatic hydroxyl groups is 1. The molecule has 1 fully saturated rings. The number of nitrogens with one attached hydrogen (secondary N) is 2. The topological polar surface area (TPSA) is 73.8 Å². The summed E-state index contributed by atoms with van der Waals surface area (Å²) in [6.07, 6.45) is 0. The average molecular weight is 216 g/mol. The molecule has 5 nitrogen and oxygen atoms in total. The summed E-state index contributed by atoms with van der Waals surface area (Å²) in [5, 5.41) is 19.7. The summed E-state index contributed by atoms with van der Waals surface area (Å²) in [6.45, 7) is 1.91. The Labute approximate surface area is 92.5 Å². The molecule has 3 N–H and O–H groups in total. The second-order valence-electron chi connectivity index (χ2n) is 3.95. The SMILES string of the molecule is Oc1cccc(-c2n[nH]c(C3CNC3)n2)c1. The third-order valence-corrected chi connectivity index (χ3v) is 2.78. The van der Waals surface area contributed by atoms with Crippen molar-refractivity contribution in [2.75, 3.05) is 13.1 Å². The zero-order valence-electron chi connectivity index (χ0n) is 8.64. The molecule has 1 saturated heterocycles. The van der Waals surface area contributed by atoms with E-state index in [2.05, 4.69) is 20.5 Å². The van der Waals surface area contributed by atoms with E-state index in [1.54, 1.807) is 18.2 Å². The Balaban J connectivity index is 1.91. The predicted octanol–water partition coefficient (Wildman–Crippen LogP) is 0.864. The van der Waals surface area contributed by atoms with E-state index in [4.69, 9.17) is 0 Å². The zero-order valence-corrected chi connectivity index (χ0v) is 8.64. The summed E-state index contributed by atoms with van der Waals surface area (Å²) < 4.78 is 0. The maximum absolute atomic E-state index is 9.37. The number of H-pyrrole nitrogens is 1. The van der Waals surface area contributed by atoms with Crippen molar-refractivity contribution in [3.63, 3.8) is 0 Å². The van der Waals surface area contributed by atoms with Crippen LogP contribution in [0.4, 0.5) is 0 Å². The van der Waals surface area contributed by atoms with Crippen molar-refractivity contribution in [1.82, 2.24) is 20.5 Å². The Morgan fingerprint density at radius 1 is 1.31 bits per heavy atom. The number of benzene rings is 1. The minimum absolute atomic E-state index is 0.231. The number of aromatic nitrogens is 3. The molecular formula is C11H12N4O. The highest BCUT2D eigenvalue weighted by atomic mass is 16.3. The van der Waals surface area contributed by atoms with E-state index in [1.165, 1.54) is 0 Å². The van der Waals surface area contributed by atoms with Crippen molar-refractivity contribution < 1.29 is 5.11 Å². The maximum atomic E-state index is 9.37. The Morgan fingerprint density at radius 2 is 2.19 bits per heavy atom. The molecule has 1 aromatic heterocycles. The maximum Gasteiger partial charge on any atom is 0.181 e. The normalized spacial score (nSPS) is 16.0. The van der Waals surface area contributed by atoms with Crippen LogP contribution in [0, 0.1) is 0 Å². The molecule has 1 aromatic carbocycles. The van der Waals surface area contributed by atoms with E-state index in [1.807, 2.05) is 6.07 Å². The third-order valence-electron chi connectivity index (χ3n) is 2.78. The standard InChI is InChI=1S/C11H12N4O/c16-9-3-1-2-7(4-9)10-13-11(15-14-10)8-5-12-6-8/h1-4,8,12,16H,5-6H2,(H,13,14,15). The second kappa shape index (κ2) is 3.61. The van der Waals surface area contributed by atoms with Crippen LogP contribution in [-0.2, 0) is 0 Å². The molecule has 0 aliphatic carbocycles. The average Bonchev–Trinajstić information content (AvgIpc) is 2.64. The number of phenolic OH excluding ortho intramolecular Hbond substituents is 1. The van der Waals surface area contributed by atoms with Crippen LogP contribution in [-0.4, -0.2) is 33.4 Å². The van der Waals surface area contributed by atoms with Gasteiger partial charge in [0.1, 0.15) is 11.6 Å². The van der Waals surface area contributed by atoms with E-state index >= 15 is 0 Å². The van der Waals surface area contributed by atoms with Gasteiger partial charge in [-0.05, 0) is 12.1 Å². The summed E-state index contributed by atoms with van der Waals surface area (Å²) in [5.41, 5.74) is 0.829. The Hall–Kier alpha value is -1.88. The number of rotatable bonds is 2. The van der Waals surface area contributed by atoms with Crippen LogP contribution in [0.5, 0.6) is 5.75 Å². The number of aromatic amines is 1. The highest BCUT2D eigenvalue weighted by molar-refractivity contribution is 5.56. The van der Waals surface area contributed by atoms with Gasteiger partial charge in [0, 0.05) is 24.6 Å². The molecule has 0 spiro atoms. The van der Waals surface area contributed by atoms with Gasteiger partial charge in [-0.15, -0.1) is 0 Å². The van der Waals surface area contributed by atoms with E-state index in [-0.39, 0.29) is 5.75 Å². The van der Waals surface area contributed by atoms with Gasteiger partial charge >= 0.3 is 0 Å². The predicted molar refractivity (Wildman–Crippen MR) is 59.1 cm³/mol. The van der Waals surface area contributed by atoms with Gasteiger partial charge in [0.25, 0.3) is 0 Å². The Morgan fingerprint density at radius 3 is 2.88 bits per heavy atom. The molecule has 82 valence electrons. The summed E-state index contributed by atoms with van der Waals surface area (Å²) in [4.78, 5) is 4.43. The van der Waals surface area contributed by atoms with Crippen LogP contribution in [0.3, 0.4) is 0 Å². The molecule has 16 heavy (non-hydrogen) atoms. The van der Waals surface area contributed by atoms with Crippen LogP contribution in [0.15, 0.2) is 24.3 Å². The number of hydrogen-bond acceptors (Lipinski definition) is 4. The quantitative estimate of drug-likeness (QED) is 0.696. The van der Waals surface area contributed by atoms with Crippen molar-refractivity contribution in [2.24, 2.45) is 0 Å². The smallest absolute Gasteiger partial charge is 0.181 e. The summed E-state index contributed by atoms with van der Waals surface area (Å²) >= 11 is 0. The van der Waals surface area contributed by atoms with Crippen LogP contribution in [0.25, 0.3) is 11.4 Å². The van der Waals surface area contributed by atoms with Gasteiger partial charge in [-0.1, -0.05) is 12.1 Å². The van der Waals surface area contributed by atoms with E-state index in [0.717, 1.165) is 24.5 Å². The van der Waals surface area contributed by atoms with Gasteiger partial charge in [0.2, 0.25) is 0 Å². The van der Waals surface area contributed by atoms with Crippen LogP contribution in [0.2, 0.25) is 0 Å². The van der Waals surface area contributed by atoms with Gasteiger partial charge < -0.3 is 10.4 Å². The lowest BCUT2D eigenvalue weighted by Gasteiger charge is -2.24. The van der Waals surface area contributed by atoms with Crippen LogP contribution >= 0.6 is 0 Å². The molecule has 1 aliphatic heterocycles. The van der Waals surface area contributed by atoms with Crippen molar-refractivity contribution in [2.45, 2.75) is 5.92 Å². The summed E-state index contributed by atoms with van der Waals surface area (Å²) in [5.74, 6) is 2.22. The lowest BCUT2D eigenvalue weighted by Crippen LogP contribution is -2.40. The van der Waals surface area contributed by atoms with Crippen molar-refractivity contribution in [3.05, 3.63) is 30.1 Å². The molecule has 0 radical (unpaired) electrons. The fraction of sp³-hybridized carbons (Fsp3) is 0.273. The molecule has 0 amide bonds. The first-order valence-corrected chi connectivity index (χ1v) is 5.25. The first-order valence-electron chi connectivity index (χ1n) is 5.25. The molecule has 0 bridgehead atoms. The molecule has 5 heteroatoms.